The van der Waals surface area contributed by atoms with Crippen LogP contribution in [0.25, 0.3) is 11.0 Å². The van der Waals surface area contributed by atoms with Crippen molar-refractivity contribution < 1.29 is 4.42 Å². The number of imidazole rings is 1. The first-order chi connectivity index (χ1) is 9.69. The largest absolute Gasteiger partial charge is 0.459 e. The molecule has 104 valence electrons. The van der Waals surface area contributed by atoms with Crippen molar-refractivity contribution in [3.63, 3.8) is 0 Å². The Balaban J connectivity index is 2.07. The van der Waals surface area contributed by atoms with E-state index >= 15 is 0 Å². The Labute approximate surface area is 118 Å². The van der Waals surface area contributed by atoms with E-state index in [1.54, 1.807) is 0 Å². The summed E-state index contributed by atoms with van der Waals surface area (Å²) in [4.78, 5) is 4.44. The molecule has 4 heteroatoms. The van der Waals surface area contributed by atoms with Gasteiger partial charge in [-0.2, -0.15) is 0 Å². The van der Waals surface area contributed by atoms with E-state index in [0.717, 1.165) is 29.1 Å². The van der Waals surface area contributed by atoms with Gasteiger partial charge in [-0.3, -0.25) is 0 Å². The zero-order chi connectivity index (χ0) is 14.1. The minimum atomic E-state index is -0.0206. The zero-order valence-electron chi connectivity index (χ0n) is 12.1. The fourth-order valence-electron chi connectivity index (χ4n) is 2.50. The Morgan fingerprint density at radius 2 is 2.20 bits per heavy atom. The number of benzene rings is 1. The van der Waals surface area contributed by atoms with Gasteiger partial charge in [-0.25, -0.2) is 4.98 Å². The van der Waals surface area contributed by atoms with Gasteiger partial charge in [0.05, 0.1) is 0 Å². The lowest BCUT2D eigenvalue weighted by atomic mass is 10.1. The smallest absolute Gasteiger partial charge is 0.134 e. The van der Waals surface area contributed by atoms with Crippen LogP contribution in [0.5, 0.6) is 0 Å². The van der Waals surface area contributed by atoms with E-state index < -0.39 is 0 Å². The van der Waals surface area contributed by atoms with Crippen molar-refractivity contribution in [1.82, 2.24) is 14.9 Å². The fraction of sp³-hybridized carbons (Fsp3) is 0.312. The molecule has 1 unspecified atom stereocenters. The lowest BCUT2D eigenvalue weighted by Gasteiger charge is -2.15. The summed E-state index contributed by atoms with van der Waals surface area (Å²) in [5.41, 5.74) is 2.16. The van der Waals surface area contributed by atoms with Crippen LogP contribution in [0.3, 0.4) is 0 Å². The van der Waals surface area contributed by atoms with Gasteiger partial charge in [-0.05, 0) is 31.7 Å². The summed E-state index contributed by atoms with van der Waals surface area (Å²) in [6.45, 7) is 5.03. The lowest BCUT2D eigenvalue weighted by molar-refractivity contribution is 0.457. The van der Waals surface area contributed by atoms with Gasteiger partial charge in [0.2, 0.25) is 0 Å². The van der Waals surface area contributed by atoms with Gasteiger partial charge < -0.3 is 14.3 Å². The molecule has 0 saturated carbocycles. The third-order valence-electron chi connectivity index (χ3n) is 3.50. The van der Waals surface area contributed by atoms with Crippen LogP contribution in [-0.4, -0.2) is 16.1 Å². The fourth-order valence-corrected chi connectivity index (χ4v) is 2.50. The molecule has 0 aliphatic rings. The highest BCUT2D eigenvalue weighted by molar-refractivity contribution is 5.78. The van der Waals surface area contributed by atoms with E-state index in [2.05, 4.69) is 42.3 Å². The molecule has 0 amide bonds. The standard InChI is InChI=1S/C16H19N3O/c1-4-17-15(16-18-7-8-19(16)3)14-10-12-9-11(2)5-6-13(12)20-14/h5-10,15,17H,4H2,1-3H3. The number of fused-ring (bicyclic) bond motifs is 1. The highest BCUT2D eigenvalue weighted by Gasteiger charge is 2.21. The number of aromatic nitrogens is 2. The van der Waals surface area contributed by atoms with Gasteiger partial charge in [0.1, 0.15) is 23.2 Å². The molecule has 2 heterocycles. The van der Waals surface area contributed by atoms with Crippen LogP contribution in [0, 0.1) is 6.92 Å². The lowest BCUT2D eigenvalue weighted by Crippen LogP contribution is -2.24. The minimum Gasteiger partial charge on any atom is -0.459 e. The number of aryl methyl sites for hydroxylation is 2. The predicted molar refractivity (Wildman–Crippen MR) is 79.7 cm³/mol. The summed E-state index contributed by atoms with van der Waals surface area (Å²) in [5.74, 6) is 1.87. The first kappa shape index (κ1) is 12.9. The predicted octanol–water partition coefficient (Wildman–Crippen LogP) is 3.17. The molecule has 1 atom stereocenters. The first-order valence-corrected chi connectivity index (χ1v) is 6.89. The number of nitrogens with one attached hydrogen (secondary N) is 1. The molecule has 20 heavy (non-hydrogen) atoms. The van der Waals surface area contributed by atoms with Gasteiger partial charge in [0.25, 0.3) is 0 Å². The average molecular weight is 269 g/mol. The molecule has 0 fully saturated rings. The summed E-state index contributed by atoms with van der Waals surface area (Å²) in [6.07, 6.45) is 3.76. The Morgan fingerprint density at radius 3 is 2.90 bits per heavy atom. The molecule has 1 aromatic carbocycles. The molecule has 2 aromatic heterocycles. The third kappa shape index (κ3) is 2.23. The van der Waals surface area contributed by atoms with Crippen molar-refractivity contribution in [2.24, 2.45) is 7.05 Å². The Kier molecular flexibility index (Phi) is 3.32. The van der Waals surface area contributed by atoms with Crippen molar-refractivity contribution in [3.8, 4) is 0 Å². The van der Waals surface area contributed by atoms with Crippen LogP contribution in [0.4, 0.5) is 0 Å². The van der Waals surface area contributed by atoms with Crippen molar-refractivity contribution >= 4 is 11.0 Å². The second-order valence-corrected chi connectivity index (χ2v) is 5.08. The van der Waals surface area contributed by atoms with E-state index in [4.69, 9.17) is 4.42 Å². The molecule has 0 radical (unpaired) electrons. The van der Waals surface area contributed by atoms with Gasteiger partial charge in [0, 0.05) is 24.8 Å². The minimum absolute atomic E-state index is 0.0206. The molecule has 0 spiro atoms. The second kappa shape index (κ2) is 5.13. The Bertz CT molecular complexity index is 726. The van der Waals surface area contributed by atoms with Gasteiger partial charge in [-0.15, -0.1) is 0 Å². The molecule has 1 N–H and O–H groups in total. The maximum Gasteiger partial charge on any atom is 0.134 e. The van der Waals surface area contributed by atoms with E-state index in [1.807, 2.05) is 30.1 Å². The summed E-state index contributed by atoms with van der Waals surface area (Å²) in [6, 6.07) is 8.32. The monoisotopic (exact) mass is 269 g/mol. The van der Waals surface area contributed by atoms with Crippen LogP contribution in [-0.2, 0) is 7.05 Å². The Hall–Kier alpha value is -2.07. The molecule has 0 bridgehead atoms. The quantitative estimate of drug-likeness (QED) is 0.791. The van der Waals surface area contributed by atoms with Gasteiger partial charge >= 0.3 is 0 Å². The van der Waals surface area contributed by atoms with Gasteiger partial charge in [-0.1, -0.05) is 18.6 Å². The molecule has 0 saturated heterocycles. The third-order valence-corrected chi connectivity index (χ3v) is 3.50. The maximum atomic E-state index is 6.00. The van der Waals surface area contributed by atoms with Crippen molar-refractivity contribution in [2.75, 3.05) is 6.54 Å². The van der Waals surface area contributed by atoms with Crippen LogP contribution in [0.2, 0.25) is 0 Å². The van der Waals surface area contributed by atoms with Crippen LogP contribution in [0.15, 0.2) is 41.1 Å². The van der Waals surface area contributed by atoms with Crippen molar-refractivity contribution in [3.05, 3.63) is 53.8 Å². The molecule has 4 nitrogen and oxygen atoms in total. The number of nitrogens with zero attached hydrogens (tertiary/aromatic N) is 2. The number of furan rings is 1. The van der Waals surface area contributed by atoms with Crippen LogP contribution >= 0.6 is 0 Å². The Morgan fingerprint density at radius 1 is 1.35 bits per heavy atom. The zero-order valence-corrected chi connectivity index (χ0v) is 12.1. The summed E-state index contributed by atoms with van der Waals surface area (Å²) in [7, 11) is 2.00. The maximum absolute atomic E-state index is 6.00. The molecule has 0 aliphatic carbocycles. The number of hydrogen-bond donors (Lipinski definition) is 1. The molecular formula is C16H19N3O. The van der Waals surface area contributed by atoms with E-state index in [-0.39, 0.29) is 6.04 Å². The van der Waals surface area contributed by atoms with Crippen molar-refractivity contribution in [2.45, 2.75) is 19.9 Å². The molecule has 3 rings (SSSR count). The highest BCUT2D eigenvalue weighted by Crippen LogP contribution is 2.28. The van der Waals surface area contributed by atoms with E-state index in [1.165, 1.54) is 5.56 Å². The number of rotatable bonds is 4. The summed E-state index contributed by atoms with van der Waals surface area (Å²) < 4.78 is 8.02. The normalized spacial score (nSPS) is 12.9. The topological polar surface area (TPSA) is 43.0 Å². The van der Waals surface area contributed by atoms with Crippen molar-refractivity contribution in [1.29, 1.82) is 0 Å². The SMILES string of the molecule is CCNC(c1cc2cc(C)ccc2o1)c1nccn1C. The second-order valence-electron chi connectivity index (χ2n) is 5.08. The molecular weight excluding hydrogens is 250 g/mol. The average Bonchev–Trinajstić information content (AvgIpc) is 3.01. The van der Waals surface area contributed by atoms with Gasteiger partial charge in [0.15, 0.2) is 0 Å². The first-order valence-electron chi connectivity index (χ1n) is 6.89. The highest BCUT2D eigenvalue weighted by atomic mass is 16.3. The molecule has 0 aliphatic heterocycles. The number of hydrogen-bond acceptors (Lipinski definition) is 3. The molecule has 3 aromatic rings. The van der Waals surface area contributed by atoms with Crippen LogP contribution < -0.4 is 5.32 Å². The van der Waals surface area contributed by atoms with E-state index in [9.17, 15) is 0 Å². The van der Waals surface area contributed by atoms with Crippen LogP contribution in [0.1, 0.15) is 30.1 Å². The summed E-state index contributed by atoms with van der Waals surface area (Å²) >= 11 is 0. The van der Waals surface area contributed by atoms with E-state index in [0.29, 0.717) is 0 Å². The summed E-state index contributed by atoms with van der Waals surface area (Å²) in [5, 5.41) is 4.58.